The molecule has 1 aromatic heterocycles. The van der Waals surface area contributed by atoms with Gasteiger partial charge >= 0.3 is 0 Å². The fraction of sp³-hybridized carbons (Fsp3) is 0.467. The van der Waals surface area contributed by atoms with Crippen LogP contribution in [0.2, 0.25) is 5.02 Å². The summed E-state index contributed by atoms with van der Waals surface area (Å²) in [5.74, 6) is -2.32. The van der Waals surface area contributed by atoms with Gasteiger partial charge in [0.2, 0.25) is 0 Å². The van der Waals surface area contributed by atoms with Gasteiger partial charge < -0.3 is 10.0 Å². The Morgan fingerprint density at radius 2 is 1.91 bits per heavy atom. The Bertz CT molecular complexity index is 692. The first-order valence-corrected chi connectivity index (χ1v) is 7.73. The maximum atomic E-state index is 13.2. The van der Waals surface area contributed by atoms with Gasteiger partial charge in [-0.25, -0.2) is 13.8 Å². The minimum atomic E-state index is -3.05. The molecule has 0 saturated carbocycles. The Hall–Kier alpha value is -1.57. The number of benzene rings is 1. The van der Waals surface area contributed by atoms with E-state index in [4.69, 9.17) is 16.7 Å². The molecule has 0 spiro atoms. The van der Waals surface area contributed by atoms with Gasteiger partial charge in [-0.2, -0.15) is 0 Å². The Morgan fingerprint density at radius 3 is 2.61 bits per heavy atom. The summed E-state index contributed by atoms with van der Waals surface area (Å²) in [5, 5.41) is 9.27. The summed E-state index contributed by atoms with van der Waals surface area (Å²) in [6.07, 6.45) is 1.68. The number of rotatable bonds is 4. The number of aromatic nitrogens is 2. The van der Waals surface area contributed by atoms with Gasteiger partial charge in [-0.15, -0.1) is 0 Å². The molecule has 0 atom stereocenters. The molecule has 0 unspecified atom stereocenters. The molecule has 1 saturated heterocycles. The topological polar surface area (TPSA) is 52.5 Å². The number of fused-ring (bicyclic) bond motifs is 1. The van der Waals surface area contributed by atoms with E-state index in [1.54, 1.807) is 23.2 Å². The second-order valence-corrected chi connectivity index (χ2v) is 6.07. The number of anilines is 1. The van der Waals surface area contributed by atoms with Gasteiger partial charge in [0.1, 0.15) is 12.4 Å². The lowest BCUT2D eigenvalue weighted by molar-refractivity contribution is -0.0733. The molecule has 3 rings (SSSR count). The zero-order valence-electron chi connectivity index (χ0n) is 12.4. The minimum Gasteiger partial charge on any atom is -0.390 e. The van der Waals surface area contributed by atoms with Crippen LogP contribution < -0.4 is 4.90 Å². The highest BCUT2D eigenvalue weighted by Crippen LogP contribution is 2.21. The van der Waals surface area contributed by atoms with Gasteiger partial charge in [0.05, 0.1) is 23.8 Å². The van der Waals surface area contributed by atoms with Crippen LogP contribution in [-0.2, 0) is 0 Å². The highest BCUT2D eigenvalue weighted by Gasteiger charge is 2.32. The molecule has 1 fully saturated rings. The highest BCUT2D eigenvalue weighted by molar-refractivity contribution is 6.31. The van der Waals surface area contributed by atoms with Gasteiger partial charge in [-0.3, -0.25) is 9.88 Å². The van der Waals surface area contributed by atoms with E-state index in [0.717, 1.165) is 16.9 Å². The summed E-state index contributed by atoms with van der Waals surface area (Å²) in [5.41, 5.74) is 1.48. The predicted molar refractivity (Wildman–Crippen MR) is 85.2 cm³/mol. The largest absolute Gasteiger partial charge is 0.390 e. The van der Waals surface area contributed by atoms with Crippen LogP contribution in [0, 0.1) is 0 Å². The Kier molecular flexibility index (Phi) is 4.61. The van der Waals surface area contributed by atoms with Crippen molar-refractivity contribution in [3.8, 4) is 0 Å². The number of piperazine rings is 1. The van der Waals surface area contributed by atoms with Crippen LogP contribution in [-0.4, -0.2) is 65.2 Å². The van der Waals surface area contributed by atoms with Crippen molar-refractivity contribution in [3.63, 3.8) is 0 Å². The van der Waals surface area contributed by atoms with Crippen LogP contribution in [0.5, 0.6) is 0 Å². The third kappa shape index (κ3) is 3.85. The van der Waals surface area contributed by atoms with E-state index < -0.39 is 19.1 Å². The van der Waals surface area contributed by atoms with Gasteiger partial charge in [0.15, 0.2) is 0 Å². The molecule has 0 bridgehead atoms. The molecule has 2 heterocycles. The summed E-state index contributed by atoms with van der Waals surface area (Å²) in [7, 11) is 0. The van der Waals surface area contributed by atoms with Gasteiger partial charge in [-0.1, -0.05) is 11.6 Å². The van der Waals surface area contributed by atoms with Crippen LogP contribution in [0.15, 0.2) is 24.4 Å². The van der Waals surface area contributed by atoms with Crippen LogP contribution in [0.1, 0.15) is 0 Å². The maximum Gasteiger partial charge on any atom is 0.283 e. The Balaban J connectivity index is 1.67. The van der Waals surface area contributed by atoms with Crippen molar-refractivity contribution in [2.24, 2.45) is 0 Å². The van der Waals surface area contributed by atoms with Crippen molar-refractivity contribution >= 4 is 28.5 Å². The number of halogens is 3. The van der Waals surface area contributed by atoms with Gasteiger partial charge in [0, 0.05) is 31.2 Å². The maximum absolute atomic E-state index is 13.2. The minimum absolute atomic E-state index is 0.417. The average molecular weight is 343 g/mol. The summed E-state index contributed by atoms with van der Waals surface area (Å²) in [6.45, 7) is 0.640. The molecule has 0 amide bonds. The van der Waals surface area contributed by atoms with Gasteiger partial charge in [-0.05, 0) is 18.2 Å². The fourth-order valence-corrected chi connectivity index (χ4v) is 2.81. The van der Waals surface area contributed by atoms with E-state index in [9.17, 15) is 8.78 Å². The smallest absolute Gasteiger partial charge is 0.283 e. The summed E-state index contributed by atoms with van der Waals surface area (Å²) >= 11 is 5.93. The molecule has 0 radical (unpaired) electrons. The molecule has 2 aromatic rings. The van der Waals surface area contributed by atoms with E-state index in [2.05, 4.69) is 9.97 Å². The van der Waals surface area contributed by atoms with Crippen molar-refractivity contribution in [1.29, 1.82) is 0 Å². The molecular weight excluding hydrogens is 326 g/mol. The number of hydrogen-bond acceptors (Lipinski definition) is 5. The lowest BCUT2D eigenvalue weighted by atomic mass is 10.2. The van der Waals surface area contributed by atoms with Crippen molar-refractivity contribution in [2.75, 3.05) is 44.2 Å². The zero-order valence-corrected chi connectivity index (χ0v) is 13.2. The van der Waals surface area contributed by atoms with Crippen molar-refractivity contribution in [1.82, 2.24) is 14.9 Å². The normalized spacial score (nSPS) is 17.0. The monoisotopic (exact) mass is 342 g/mol. The summed E-state index contributed by atoms with van der Waals surface area (Å²) < 4.78 is 26.5. The lowest BCUT2D eigenvalue weighted by Gasteiger charge is -2.36. The second kappa shape index (κ2) is 6.51. The molecule has 124 valence electrons. The highest BCUT2D eigenvalue weighted by atomic mass is 35.5. The van der Waals surface area contributed by atoms with Crippen molar-refractivity contribution in [2.45, 2.75) is 5.92 Å². The standard InChI is InChI=1S/C15H17ClF2N4O/c16-11-1-2-12-13(7-11)19-8-14(20-12)22-5-3-21(4-6-22)9-15(17,18)10-23/h1-2,7-8,23H,3-6,9-10H2. The SMILES string of the molecule is OCC(F)(F)CN1CCN(c2cnc3cc(Cl)ccc3n2)CC1. The lowest BCUT2D eigenvalue weighted by Crippen LogP contribution is -2.50. The number of aliphatic hydroxyl groups excluding tert-OH is 1. The molecule has 23 heavy (non-hydrogen) atoms. The van der Waals surface area contributed by atoms with Gasteiger partial charge in [0.25, 0.3) is 5.92 Å². The second-order valence-electron chi connectivity index (χ2n) is 5.64. The van der Waals surface area contributed by atoms with E-state index in [1.807, 2.05) is 11.0 Å². The number of hydrogen-bond donors (Lipinski definition) is 1. The van der Waals surface area contributed by atoms with Crippen LogP contribution in [0.3, 0.4) is 0 Å². The molecule has 1 N–H and O–H groups in total. The molecule has 1 aliphatic heterocycles. The number of alkyl halides is 2. The molecule has 1 aromatic carbocycles. The van der Waals surface area contributed by atoms with Crippen LogP contribution in [0.4, 0.5) is 14.6 Å². The van der Waals surface area contributed by atoms with Crippen molar-refractivity contribution < 1.29 is 13.9 Å². The zero-order chi connectivity index (χ0) is 16.4. The van der Waals surface area contributed by atoms with E-state index >= 15 is 0 Å². The van der Waals surface area contributed by atoms with Crippen molar-refractivity contribution in [3.05, 3.63) is 29.4 Å². The molecule has 8 heteroatoms. The predicted octanol–water partition coefficient (Wildman–Crippen LogP) is 2.03. The first kappa shape index (κ1) is 16.3. The summed E-state index contributed by atoms with van der Waals surface area (Å²) in [4.78, 5) is 12.6. The Morgan fingerprint density at radius 1 is 1.17 bits per heavy atom. The van der Waals surface area contributed by atoms with Crippen LogP contribution >= 0.6 is 11.6 Å². The number of aliphatic hydroxyl groups is 1. The molecule has 5 nitrogen and oxygen atoms in total. The number of nitrogens with zero attached hydrogens (tertiary/aromatic N) is 4. The van der Waals surface area contributed by atoms with E-state index in [-0.39, 0.29) is 0 Å². The molecular formula is C15H17ClF2N4O. The molecule has 0 aliphatic carbocycles. The Labute approximate surface area is 137 Å². The average Bonchev–Trinajstić information content (AvgIpc) is 2.55. The first-order valence-electron chi connectivity index (χ1n) is 7.35. The summed E-state index contributed by atoms with van der Waals surface area (Å²) in [6, 6.07) is 5.33. The molecule has 1 aliphatic rings. The van der Waals surface area contributed by atoms with E-state index in [0.29, 0.717) is 31.2 Å². The third-order valence-electron chi connectivity index (χ3n) is 3.87. The van der Waals surface area contributed by atoms with E-state index in [1.165, 1.54) is 0 Å². The third-order valence-corrected chi connectivity index (χ3v) is 4.11. The quantitative estimate of drug-likeness (QED) is 0.921. The first-order chi connectivity index (χ1) is 11.0. The fourth-order valence-electron chi connectivity index (χ4n) is 2.64. The van der Waals surface area contributed by atoms with Crippen LogP contribution in [0.25, 0.3) is 11.0 Å².